The van der Waals surface area contributed by atoms with Crippen LogP contribution in [-0.2, 0) is 15.7 Å². The molecule has 1 saturated carbocycles. The van der Waals surface area contributed by atoms with Gasteiger partial charge < -0.3 is 18.9 Å². The van der Waals surface area contributed by atoms with Gasteiger partial charge in [0.25, 0.3) is 0 Å². The summed E-state index contributed by atoms with van der Waals surface area (Å²) in [5, 5.41) is 8.45. The van der Waals surface area contributed by atoms with Crippen LogP contribution >= 0.6 is 0 Å². The Hall–Kier alpha value is -3.18. The van der Waals surface area contributed by atoms with Gasteiger partial charge in [-0.25, -0.2) is 9.19 Å². The van der Waals surface area contributed by atoms with Crippen LogP contribution in [0.1, 0.15) is 26.2 Å². The van der Waals surface area contributed by atoms with Crippen molar-refractivity contribution in [2.75, 3.05) is 33.2 Å². The maximum Gasteiger partial charge on any atom is 0.241 e. The fraction of sp³-hybridized carbons (Fsp3) is 0.458. The lowest BCUT2D eigenvalue weighted by Gasteiger charge is -2.35. The smallest absolute Gasteiger partial charge is 0.241 e. The topological polar surface area (TPSA) is 110 Å². The van der Waals surface area contributed by atoms with E-state index >= 15 is 0 Å². The zero-order valence-corrected chi connectivity index (χ0v) is 21.4. The Balaban J connectivity index is 1.80. The first-order chi connectivity index (χ1) is 17.0. The molecule has 3 aromatic rings. The predicted octanol–water partition coefficient (Wildman–Crippen LogP) is 3.63. The van der Waals surface area contributed by atoms with Gasteiger partial charge in [0.05, 0.1) is 32.7 Å². The standard InChI is InChI=1S/C24H31N5O5S/c1-15(22(34-5)16-9-6-10-16)35(30)28-24-27-26-23(17-11-7-14-20(25-17)33-4)29(24)21-18(31-2)12-8-13-19(21)32-3/h7-8,11-16,22H,6,9-10H2,1-5H3,(H,27,28)/t15-,22-,35?/m0/s1. The molecule has 2 aromatic heterocycles. The summed E-state index contributed by atoms with van der Waals surface area (Å²) in [5.41, 5.74) is 1.07. The van der Waals surface area contributed by atoms with Crippen molar-refractivity contribution in [3.05, 3.63) is 36.4 Å². The average molecular weight is 502 g/mol. The number of rotatable bonds is 11. The number of anilines is 1. The van der Waals surface area contributed by atoms with E-state index in [2.05, 4.69) is 19.9 Å². The molecule has 0 spiro atoms. The van der Waals surface area contributed by atoms with Crippen LogP contribution in [0.3, 0.4) is 0 Å². The van der Waals surface area contributed by atoms with E-state index in [1.165, 1.54) is 6.42 Å². The number of methoxy groups -OCH3 is 4. The highest BCUT2D eigenvalue weighted by Crippen LogP contribution is 2.38. The number of hydrogen-bond acceptors (Lipinski definition) is 8. The van der Waals surface area contributed by atoms with Gasteiger partial charge >= 0.3 is 0 Å². The summed E-state index contributed by atoms with van der Waals surface area (Å²) >= 11 is 0. The van der Waals surface area contributed by atoms with E-state index in [1.807, 2.05) is 31.2 Å². The van der Waals surface area contributed by atoms with E-state index in [0.29, 0.717) is 40.5 Å². The molecule has 0 amide bonds. The number of hydrogen-bond donors (Lipinski definition) is 1. The summed E-state index contributed by atoms with van der Waals surface area (Å²) in [6.45, 7) is 1.92. The number of aromatic nitrogens is 4. The summed E-state index contributed by atoms with van der Waals surface area (Å²) in [5.74, 6) is 2.56. The molecule has 188 valence electrons. The summed E-state index contributed by atoms with van der Waals surface area (Å²) in [6.07, 6.45) is 3.23. The van der Waals surface area contributed by atoms with Crippen LogP contribution in [0.2, 0.25) is 0 Å². The Kier molecular flexibility index (Phi) is 7.86. The van der Waals surface area contributed by atoms with E-state index in [1.54, 1.807) is 45.1 Å². The van der Waals surface area contributed by atoms with E-state index in [-0.39, 0.29) is 17.3 Å². The number of ether oxygens (including phenoxy) is 4. The van der Waals surface area contributed by atoms with Crippen LogP contribution < -0.4 is 18.9 Å². The number of nitrogens with one attached hydrogen (secondary N) is 1. The van der Waals surface area contributed by atoms with Gasteiger partial charge in [-0.15, -0.1) is 10.2 Å². The molecule has 0 bridgehead atoms. The average Bonchev–Trinajstić information content (AvgIpc) is 3.27. The molecule has 2 heterocycles. The molecule has 3 atom stereocenters. The van der Waals surface area contributed by atoms with E-state index in [9.17, 15) is 4.21 Å². The van der Waals surface area contributed by atoms with Crippen molar-refractivity contribution in [1.29, 1.82) is 0 Å². The summed E-state index contributed by atoms with van der Waals surface area (Å²) in [7, 11) is 4.85. The Morgan fingerprint density at radius 1 is 1.00 bits per heavy atom. The lowest BCUT2D eigenvalue weighted by molar-refractivity contribution is 0.0202. The molecule has 1 fully saturated rings. The van der Waals surface area contributed by atoms with Crippen LogP contribution in [0.4, 0.5) is 5.95 Å². The van der Waals surface area contributed by atoms with Crippen LogP contribution in [0.25, 0.3) is 17.2 Å². The van der Waals surface area contributed by atoms with Gasteiger partial charge in [0, 0.05) is 13.2 Å². The molecular formula is C24H31N5O5S. The SMILES string of the molecule is COc1cccc(-c2nnc(NS(=O)[C@@H](C)[C@H](OC)C3CCC3)n2-c2c(OC)cccc2OC)n1. The number of benzene rings is 1. The zero-order chi connectivity index (χ0) is 24.9. The van der Waals surface area contributed by atoms with Crippen LogP contribution in [0.15, 0.2) is 36.4 Å². The molecule has 0 aliphatic heterocycles. The zero-order valence-electron chi connectivity index (χ0n) is 20.6. The van der Waals surface area contributed by atoms with Gasteiger partial charge in [0.2, 0.25) is 11.8 Å². The van der Waals surface area contributed by atoms with Gasteiger partial charge in [-0.1, -0.05) is 18.6 Å². The first-order valence-corrected chi connectivity index (χ1v) is 12.6. The summed E-state index contributed by atoms with van der Waals surface area (Å²) < 4.78 is 40.5. The number of pyridine rings is 1. The number of para-hydroxylation sites is 1. The van der Waals surface area contributed by atoms with Crippen molar-refractivity contribution >= 4 is 16.9 Å². The van der Waals surface area contributed by atoms with Crippen molar-refractivity contribution in [2.24, 2.45) is 5.92 Å². The first-order valence-electron chi connectivity index (χ1n) is 11.4. The van der Waals surface area contributed by atoms with E-state index in [4.69, 9.17) is 18.9 Å². The molecule has 1 N–H and O–H groups in total. The van der Waals surface area contributed by atoms with E-state index < -0.39 is 11.0 Å². The van der Waals surface area contributed by atoms with Gasteiger partial charge in [-0.05, 0) is 43.9 Å². The highest BCUT2D eigenvalue weighted by atomic mass is 32.2. The molecule has 1 aliphatic rings. The van der Waals surface area contributed by atoms with E-state index in [0.717, 1.165) is 12.8 Å². The minimum absolute atomic E-state index is 0.117. The Morgan fingerprint density at radius 2 is 1.69 bits per heavy atom. The molecule has 0 radical (unpaired) electrons. The molecule has 1 aromatic carbocycles. The minimum Gasteiger partial charge on any atom is -0.494 e. The van der Waals surface area contributed by atoms with Gasteiger partial charge in [-0.3, -0.25) is 9.29 Å². The number of nitrogens with zero attached hydrogens (tertiary/aromatic N) is 4. The molecule has 1 aliphatic carbocycles. The third-order valence-corrected chi connectivity index (χ3v) is 7.66. The highest BCUT2D eigenvalue weighted by Gasteiger charge is 2.35. The third kappa shape index (κ3) is 4.96. The second kappa shape index (κ2) is 11.0. The molecule has 11 heteroatoms. The molecule has 4 rings (SSSR count). The van der Waals surface area contributed by atoms with Crippen LogP contribution in [0, 0.1) is 5.92 Å². The van der Waals surface area contributed by atoms with Gasteiger partial charge in [0.15, 0.2) is 5.82 Å². The predicted molar refractivity (Wildman–Crippen MR) is 134 cm³/mol. The Bertz CT molecular complexity index is 1160. The van der Waals surface area contributed by atoms with Gasteiger partial charge in [0.1, 0.15) is 33.9 Å². The van der Waals surface area contributed by atoms with Gasteiger partial charge in [-0.2, -0.15) is 0 Å². The van der Waals surface area contributed by atoms with Crippen molar-refractivity contribution < 1.29 is 23.2 Å². The second-order valence-corrected chi connectivity index (χ2v) is 9.80. The normalized spacial score (nSPS) is 16.1. The maximum atomic E-state index is 13.4. The highest BCUT2D eigenvalue weighted by molar-refractivity contribution is 7.87. The third-order valence-electron chi connectivity index (χ3n) is 6.33. The lowest BCUT2D eigenvalue weighted by Crippen LogP contribution is -2.41. The van der Waals surface area contributed by atoms with Crippen molar-refractivity contribution in [1.82, 2.24) is 19.7 Å². The Labute approximate surface area is 207 Å². The fourth-order valence-corrected chi connectivity index (χ4v) is 5.35. The second-order valence-electron chi connectivity index (χ2n) is 8.25. The fourth-order valence-electron chi connectivity index (χ4n) is 4.27. The molecule has 10 nitrogen and oxygen atoms in total. The monoisotopic (exact) mass is 501 g/mol. The minimum atomic E-state index is -1.51. The molecule has 35 heavy (non-hydrogen) atoms. The largest absolute Gasteiger partial charge is 0.494 e. The summed E-state index contributed by atoms with van der Waals surface area (Å²) in [4.78, 5) is 4.52. The quantitative estimate of drug-likeness (QED) is 0.424. The van der Waals surface area contributed by atoms with Crippen molar-refractivity contribution in [3.63, 3.8) is 0 Å². The molecule has 0 saturated heterocycles. The van der Waals surface area contributed by atoms with Crippen molar-refractivity contribution in [2.45, 2.75) is 37.5 Å². The molecule has 1 unspecified atom stereocenters. The molecular weight excluding hydrogens is 470 g/mol. The van der Waals surface area contributed by atoms with Crippen molar-refractivity contribution in [3.8, 4) is 34.6 Å². The first kappa shape index (κ1) is 24.9. The lowest BCUT2D eigenvalue weighted by atomic mass is 9.80. The Morgan fingerprint density at radius 3 is 2.26 bits per heavy atom. The van der Waals surface area contributed by atoms with Crippen LogP contribution in [0.5, 0.6) is 17.4 Å². The summed E-state index contributed by atoms with van der Waals surface area (Å²) in [6, 6.07) is 10.8. The van der Waals surface area contributed by atoms with Crippen LogP contribution in [-0.4, -0.2) is 63.8 Å². The maximum absolute atomic E-state index is 13.4.